The average molecular weight is 223 g/mol. The third kappa shape index (κ3) is 3.62. The van der Waals surface area contributed by atoms with E-state index in [1.807, 2.05) is 0 Å². The highest BCUT2D eigenvalue weighted by Gasteiger charge is 2.30. The maximum atomic E-state index is 4.32. The normalized spacial score (nSPS) is 13.0. The SMILES string of the molecule is CCCCC([NH3+])C(C)(C)c1ccccc1.[OH-]. The Morgan fingerprint density at radius 1 is 1.19 bits per heavy atom. The highest BCUT2D eigenvalue weighted by atomic mass is 16.0. The first kappa shape index (κ1) is 15.1. The molecule has 0 heterocycles. The topological polar surface area (TPSA) is 57.6 Å². The van der Waals surface area contributed by atoms with E-state index in [1.54, 1.807) is 0 Å². The zero-order valence-electron chi connectivity index (χ0n) is 10.7. The summed E-state index contributed by atoms with van der Waals surface area (Å²) >= 11 is 0. The van der Waals surface area contributed by atoms with E-state index in [0.717, 1.165) is 0 Å². The zero-order valence-corrected chi connectivity index (χ0v) is 10.7. The predicted octanol–water partition coefficient (Wildman–Crippen LogP) is 2.59. The minimum Gasteiger partial charge on any atom is -0.870 e. The van der Waals surface area contributed by atoms with Crippen LogP contribution in [0.5, 0.6) is 0 Å². The second kappa shape index (κ2) is 6.66. The van der Waals surface area contributed by atoms with Gasteiger partial charge in [-0.05, 0) is 12.0 Å². The van der Waals surface area contributed by atoms with Gasteiger partial charge in [-0.15, -0.1) is 0 Å². The van der Waals surface area contributed by atoms with Crippen LogP contribution < -0.4 is 5.73 Å². The molecule has 16 heavy (non-hydrogen) atoms. The van der Waals surface area contributed by atoms with Gasteiger partial charge in [0.1, 0.15) is 0 Å². The number of quaternary nitrogens is 1. The lowest BCUT2D eigenvalue weighted by Crippen LogP contribution is -2.68. The maximum absolute atomic E-state index is 4.32. The molecule has 1 atom stereocenters. The Morgan fingerprint density at radius 3 is 2.25 bits per heavy atom. The average Bonchev–Trinajstić information content (AvgIpc) is 2.27. The second-order valence-corrected chi connectivity index (χ2v) is 4.93. The van der Waals surface area contributed by atoms with E-state index in [4.69, 9.17) is 0 Å². The molecule has 1 rings (SSSR count). The van der Waals surface area contributed by atoms with E-state index in [-0.39, 0.29) is 10.9 Å². The lowest BCUT2D eigenvalue weighted by molar-refractivity contribution is -0.437. The van der Waals surface area contributed by atoms with Gasteiger partial charge in [0.15, 0.2) is 0 Å². The number of hydrogen-bond donors (Lipinski definition) is 1. The minimum absolute atomic E-state index is 0. The van der Waals surface area contributed by atoms with Gasteiger partial charge in [-0.25, -0.2) is 0 Å². The van der Waals surface area contributed by atoms with Crippen LogP contribution in [0.4, 0.5) is 0 Å². The molecule has 1 aromatic rings. The standard InChI is InChI=1S/C14H23N.H2O/c1-4-5-11-13(15)14(2,3)12-9-7-6-8-10-12;/h6-10,13H,4-5,11,15H2,1-3H3;1H2. The Hall–Kier alpha value is -0.860. The molecule has 1 aromatic carbocycles. The Kier molecular flexibility index (Phi) is 6.31. The summed E-state index contributed by atoms with van der Waals surface area (Å²) in [5.41, 5.74) is 5.92. The van der Waals surface area contributed by atoms with Crippen LogP contribution in [0.25, 0.3) is 0 Å². The minimum atomic E-state index is 0. The van der Waals surface area contributed by atoms with E-state index >= 15 is 0 Å². The van der Waals surface area contributed by atoms with Crippen molar-refractivity contribution in [1.29, 1.82) is 0 Å². The molecule has 2 heteroatoms. The fourth-order valence-corrected chi connectivity index (χ4v) is 1.91. The summed E-state index contributed by atoms with van der Waals surface area (Å²) in [6.45, 7) is 6.84. The van der Waals surface area contributed by atoms with Crippen LogP contribution in [-0.2, 0) is 5.41 Å². The molecule has 0 aromatic heterocycles. The van der Waals surface area contributed by atoms with Crippen molar-refractivity contribution >= 4 is 0 Å². The Balaban J connectivity index is 0.00000225. The van der Waals surface area contributed by atoms with Crippen LogP contribution in [0.2, 0.25) is 0 Å². The van der Waals surface area contributed by atoms with Gasteiger partial charge in [-0.2, -0.15) is 0 Å². The molecule has 0 aliphatic rings. The fraction of sp³-hybridized carbons (Fsp3) is 0.571. The summed E-state index contributed by atoms with van der Waals surface area (Å²) < 4.78 is 0. The number of rotatable bonds is 5. The molecule has 0 fully saturated rings. The van der Waals surface area contributed by atoms with Crippen LogP contribution in [0, 0.1) is 0 Å². The van der Waals surface area contributed by atoms with E-state index in [2.05, 4.69) is 56.8 Å². The summed E-state index contributed by atoms with van der Waals surface area (Å²) in [5, 5.41) is 0. The third-order valence-corrected chi connectivity index (χ3v) is 3.44. The molecule has 1 unspecified atom stereocenters. The molecule has 0 radical (unpaired) electrons. The molecule has 92 valence electrons. The Labute approximate surface area is 99.2 Å². The van der Waals surface area contributed by atoms with Crippen molar-refractivity contribution in [1.82, 2.24) is 0 Å². The first-order valence-corrected chi connectivity index (χ1v) is 5.97. The lowest BCUT2D eigenvalue weighted by Gasteiger charge is -2.29. The van der Waals surface area contributed by atoms with Gasteiger partial charge < -0.3 is 11.2 Å². The highest BCUT2D eigenvalue weighted by molar-refractivity contribution is 5.24. The van der Waals surface area contributed by atoms with E-state index in [0.29, 0.717) is 6.04 Å². The van der Waals surface area contributed by atoms with Gasteiger partial charge in [0.25, 0.3) is 0 Å². The molecule has 0 saturated heterocycles. The number of unbranched alkanes of at least 4 members (excludes halogenated alkanes) is 1. The summed E-state index contributed by atoms with van der Waals surface area (Å²) in [7, 11) is 0. The van der Waals surface area contributed by atoms with Crippen LogP contribution in [-0.4, -0.2) is 11.5 Å². The zero-order chi connectivity index (χ0) is 11.3. The van der Waals surface area contributed by atoms with E-state index in [9.17, 15) is 0 Å². The number of hydrogen-bond acceptors (Lipinski definition) is 1. The van der Waals surface area contributed by atoms with Crippen LogP contribution in [0.15, 0.2) is 30.3 Å². The van der Waals surface area contributed by atoms with Crippen molar-refractivity contribution in [2.75, 3.05) is 0 Å². The molecular formula is C14H25NO. The molecule has 2 nitrogen and oxygen atoms in total. The van der Waals surface area contributed by atoms with Gasteiger partial charge in [0.05, 0.1) is 6.04 Å². The Morgan fingerprint density at radius 2 is 1.75 bits per heavy atom. The summed E-state index contributed by atoms with van der Waals surface area (Å²) in [6.07, 6.45) is 3.76. The predicted molar refractivity (Wildman–Crippen MR) is 67.6 cm³/mol. The van der Waals surface area contributed by atoms with Crippen molar-refractivity contribution < 1.29 is 11.2 Å². The van der Waals surface area contributed by atoms with Gasteiger partial charge in [0.2, 0.25) is 0 Å². The molecule has 0 aliphatic carbocycles. The summed E-state index contributed by atoms with van der Waals surface area (Å²) in [5.74, 6) is 0. The summed E-state index contributed by atoms with van der Waals surface area (Å²) in [6, 6.07) is 11.2. The van der Waals surface area contributed by atoms with Crippen molar-refractivity contribution in [3.63, 3.8) is 0 Å². The third-order valence-electron chi connectivity index (χ3n) is 3.44. The van der Waals surface area contributed by atoms with Crippen LogP contribution in [0.3, 0.4) is 0 Å². The van der Waals surface area contributed by atoms with Gasteiger partial charge in [0, 0.05) is 11.8 Å². The number of benzene rings is 1. The van der Waals surface area contributed by atoms with Gasteiger partial charge in [-0.3, -0.25) is 0 Å². The molecule has 0 aliphatic heterocycles. The Bertz CT molecular complexity index is 282. The first-order chi connectivity index (χ1) is 7.09. The van der Waals surface area contributed by atoms with Crippen molar-refractivity contribution in [3.8, 4) is 0 Å². The van der Waals surface area contributed by atoms with E-state index in [1.165, 1.54) is 24.8 Å². The molecule has 0 saturated carbocycles. The van der Waals surface area contributed by atoms with Crippen molar-refractivity contribution in [3.05, 3.63) is 35.9 Å². The molecule has 0 spiro atoms. The van der Waals surface area contributed by atoms with Crippen LogP contribution in [0.1, 0.15) is 45.6 Å². The molecule has 0 amide bonds. The van der Waals surface area contributed by atoms with Gasteiger partial charge >= 0.3 is 0 Å². The fourth-order valence-electron chi connectivity index (χ4n) is 1.91. The van der Waals surface area contributed by atoms with Gasteiger partial charge in [-0.1, -0.05) is 57.5 Å². The van der Waals surface area contributed by atoms with E-state index < -0.39 is 0 Å². The molecular weight excluding hydrogens is 198 g/mol. The second-order valence-electron chi connectivity index (χ2n) is 4.93. The lowest BCUT2D eigenvalue weighted by atomic mass is 9.76. The monoisotopic (exact) mass is 223 g/mol. The highest BCUT2D eigenvalue weighted by Crippen LogP contribution is 2.27. The van der Waals surface area contributed by atoms with Crippen LogP contribution >= 0.6 is 0 Å². The largest absolute Gasteiger partial charge is 0.870 e. The molecule has 0 bridgehead atoms. The summed E-state index contributed by atoms with van der Waals surface area (Å²) in [4.78, 5) is 0. The van der Waals surface area contributed by atoms with Crippen molar-refractivity contribution in [2.24, 2.45) is 0 Å². The molecule has 4 N–H and O–H groups in total. The van der Waals surface area contributed by atoms with Crippen molar-refractivity contribution in [2.45, 2.75) is 51.5 Å². The smallest absolute Gasteiger partial charge is 0.0935 e. The first-order valence-electron chi connectivity index (χ1n) is 5.97. The quantitative estimate of drug-likeness (QED) is 0.819. The maximum Gasteiger partial charge on any atom is 0.0935 e.